The molecule has 3 N–H and O–H groups in total. The lowest BCUT2D eigenvalue weighted by atomic mass is 9.84. The van der Waals surface area contributed by atoms with Crippen LogP contribution in [0.2, 0.25) is 10.0 Å². The summed E-state index contributed by atoms with van der Waals surface area (Å²) in [5, 5.41) is 8.42. The molecule has 0 radical (unpaired) electrons. The van der Waals surface area contributed by atoms with E-state index in [1.54, 1.807) is 6.07 Å². The van der Waals surface area contributed by atoms with Gasteiger partial charge >= 0.3 is 0 Å². The van der Waals surface area contributed by atoms with Gasteiger partial charge in [0.1, 0.15) is 0 Å². The Kier molecular flexibility index (Phi) is 3.90. The molecule has 5 heteroatoms. The summed E-state index contributed by atoms with van der Waals surface area (Å²) in [7, 11) is 0. The van der Waals surface area contributed by atoms with E-state index in [9.17, 15) is 0 Å². The van der Waals surface area contributed by atoms with Crippen LogP contribution in [0.3, 0.4) is 0 Å². The van der Waals surface area contributed by atoms with E-state index in [4.69, 9.17) is 28.9 Å². The summed E-state index contributed by atoms with van der Waals surface area (Å²) >= 11 is 12.1. The van der Waals surface area contributed by atoms with Gasteiger partial charge in [-0.3, -0.25) is 5.10 Å². The highest BCUT2D eigenvalue weighted by molar-refractivity contribution is 6.42. The second kappa shape index (κ2) is 5.66. The molecule has 0 bridgehead atoms. The number of hydrogen-bond donors (Lipinski definition) is 2. The van der Waals surface area contributed by atoms with Gasteiger partial charge < -0.3 is 5.73 Å². The van der Waals surface area contributed by atoms with E-state index in [2.05, 4.69) is 10.2 Å². The summed E-state index contributed by atoms with van der Waals surface area (Å²) in [6, 6.07) is 5.61. The number of aromatic nitrogens is 2. The van der Waals surface area contributed by atoms with Crippen LogP contribution in [0.1, 0.15) is 43.7 Å². The molecule has 0 amide bonds. The van der Waals surface area contributed by atoms with Gasteiger partial charge in [0.15, 0.2) is 5.82 Å². The number of hydrogen-bond acceptors (Lipinski definition) is 2. The minimum Gasteiger partial charge on any atom is -0.382 e. The zero-order chi connectivity index (χ0) is 14.1. The molecule has 3 nitrogen and oxygen atoms in total. The number of benzene rings is 1. The number of nitrogens with zero attached hydrogens (tertiary/aromatic N) is 1. The average Bonchev–Trinajstić information content (AvgIpc) is 2.85. The van der Waals surface area contributed by atoms with Crippen molar-refractivity contribution in [3.8, 4) is 11.1 Å². The molecular weight excluding hydrogens is 293 g/mol. The number of nitrogen functional groups attached to an aromatic ring is 1. The van der Waals surface area contributed by atoms with Gasteiger partial charge in [-0.25, -0.2) is 0 Å². The number of nitrogens with one attached hydrogen (secondary N) is 1. The van der Waals surface area contributed by atoms with Gasteiger partial charge in [-0.15, -0.1) is 0 Å². The van der Waals surface area contributed by atoms with Crippen LogP contribution in [-0.4, -0.2) is 10.2 Å². The van der Waals surface area contributed by atoms with Gasteiger partial charge in [-0.2, -0.15) is 5.10 Å². The van der Waals surface area contributed by atoms with Crippen molar-refractivity contribution < 1.29 is 0 Å². The lowest BCUT2D eigenvalue weighted by Gasteiger charge is -2.21. The first kappa shape index (κ1) is 13.8. The fourth-order valence-electron chi connectivity index (χ4n) is 3.01. The minimum atomic E-state index is 0.512. The molecule has 20 heavy (non-hydrogen) atoms. The largest absolute Gasteiger partial charge is 0.382 e. The molecule has 0 atom stereocenters. The summed E-state index contributed by atoms with van der Waals surface area (Å²) in [6.07, 6.45) is 6.24. The molecule has 0 aliphatic heterocycles. The Morgan fingerprint density at radius 1 is 1.10 bits per heavy atom. The van der Waals surface area contributed by atoms with Crippen molar-refractivity contribution >= 4 is 29.0 Å². The van der Waals surface area contributed by atoms with Crippen LogP contribution in [0.5, 0.6) is 0 Å². The molecular formula is C15H17Cl2N3. The van der Waals surface area contributed by atoms with Gasteiger partial charge in [0.2, 0.25) is 0 Å². The van der Waals surface area contributed by atoms with Crippen molar-refractivity contribution in [1.29, 1.82) is 0 Å². The monoisotopic (exact) mass is 309 g/mol. The van der Waals surface area contributed by atoms with E-state index in [1.165, 1.54) is 32.1 Å². The minimum absolute atomic E-state index is 0.512. The third-order valence-corrected chi connectivity index (χ3v) is 4.78. The van der Waals surface area contributed by atoms with E-state index in [0.717, 1.165) is 16.8 Å². The molecule has 1 heterocycles. The van der Waals surface area contributed by atoms with Crippen molar-refractivity contribution in [2.75, 3.05) is 5.73 Å². The smallest absolute Gasteiger partial charge is 0.153 e. The fraction of sp³-hybridized carbons (Fsp3) is 0.400. The zero-order valence-electron chi connectivity index (χ0n) is 11.1. The molecule has 0 spiro atoms. The number of anilines is 1. The summed E-state index contributed by atoms with van der Waals surface area (Å²) in [6.45, 7) is 0. The first-order valence-corrected chi connectivity index (χ1v) is 7.71. The predicted octanol–water partition coefficient (Wildman–Crippen LogP) is 5.01. The third-order valence-electron chi connectivity index (χ3n) is 4.04. The lowest BCUT2D eigenvalue weighted by Crippen LogP contribution is -2.06. The molecule has 106 valence electrons. The van der Waals surface area contributed by atoms with E-state index < -0.39 is 0 Å². The van der Waals surface area contributed by atoms with Crippen LogP contribution >= 0.6 is 23.2 Å². The Morgan fingerprint density at radius 3 is 2.55 bits per heavy atom. The Bertz CT molecular complexity index is 616. The van der Waals surface area contributed by atoms with E-state index in [1.807, 2.05) is 12.1 Å². The Morgan fingerprint density at radius 2 is 1.85 bits per heavy atom. The van der Waals surface area contributed by atoms with Gasteiger partial charge in [-0.1, -0.05) is 48.5 Å². The molecule has 0 unspecified atom stereocenters. The van der Waals surface area contributed by atoms with Gasteiger partial charge in [0.25, 0.3) is 0 Å². The van der Waals surface area contributed by atoms with Crippen LogP contribution in [0, 0.1) is 0 Å². The molecule has 1 aromatic heterocycles. The van der Waals surface area contributed by atoms with Crippen LogP contribution in [-0.2, 0) is 0 Å². The van der Waals surface area contributed by atoms with E-state index in [-0.39, 0.29) is 0 Å². The number of halogens is 2. The lowest BCUT2D eigenvalue weighted by molar-refractivity contribution is 0.437. The molecule has 1 aliphatic rings. The molecule has 2 aromatic rings. The summed E-state index contributed by atoms with van der Waals surface area (Å²) in [4.78, 5) is 0. The third kappa shape index (κ3) is 2.52. The summed E-state index contributed by atoms with van der Waals surface area (Å²) in [5.41, 5.74) is 9.15. The van der Waals surface area contributed by atoms with Crippen LogP contribution in [0.15, 0.2) is 18.2 Å². The Hall–Kier alpha value is -1.19. The van der Waals surface area contributed by atoms with E-state index in [0.29, 0.717) is 21.8 Å². The van der Waals surface area contributed by atoms with Crippen molar-refractivity contribution in [3.63, 3.8) is 0 Å². The normalized spacial score (nSPS) is 16.5. The van der Waals surface area contributed by atoms with Gasteiger partial charge in [0, 0.05) is 17.2 Å². The summed E-state index contributed by atoms with van der Waals surface area (Å²) in [5.74, 6) is 1.04. The molecule has 1 aliphatic carbocycles. The van der Waals surface area contributed by atoms with Crippen molar-refractivity contribution in [2.45, 2.75) is 38.0 Å². The second-order valence-electron chi connectivity index (χ2n) is 5.36. The van der Waals surface area contributed by atoms with E-state index >= 15 is 0 Å². The highest BCUT2D eigenvalue weighted by Gasteiger charge is 2.23. The van der Waals surface area contributed by atoms with Crippen molar-refractivity contribution in [3.05, 3.63) is 33.9 Å². The van der Waals surface area contributed by atoms with Gasteiger partial charge in [-0.05, 0) is 30.5 Å². The number of nitrogens with two attached hydrogens (primary N) is 1. The molecule has 1 aromatic carbocycles. The number of aromatic amines is 1. The first-order chi connectivity index (χ1) is 9.66. The number of rotatable bonds is 2. The Labute approximate surface area is 128 Å². The average molecular weight is 310 g/mol. The predicted molar refractivity (Wildman–Crippen MR) is 84.3 cm³/mol. The van der Waals surface area contributed by atoms with Crippen LogP contribution in [0.25, 0.3) is 11.1 Å². The maximum Gasteiger partial charge on any atom is 0.153 e. The SMILES string of the molecule is Nc1n[nH]c(C2CCCCC2)c1-c1ccc(Cl)c(Cl)c1. The van der Waals surface area contributed by atoms with Gasteiger partial charge in [0.05, 0.1) is 10.0 Å². The maximum absolute atomic E-state index is 6.12. The summed E-state index contributed by atoms with van der Waals surface area (Å²) < 4.78 is 0. The standard InChI is InChI=1S/C15H17Cl2N3/c16-11-7-6-10(8-12(11)17)13-14(19-20-15(13)18)9-4-2-1-3-5-9/h6-9H,1-5H2,(H3,18,19,20). The maximum atomic E-state index is 6.12. The Balaban J connectivity index is 2.03. The molecule has 0 saturated heterocycles. The molecule has 1 fully saturated rings. The fourth-order valence-corrected chi connectivity index (χ4v) is 3.31. The molecule has 3 rings (SSSR count). The number of H-pyrrole nitrogens is 1. The van der Waals surface area contributed by atoms with Crippen molar-refractivity contribution in [2.24, 2.45) is 0 Å². The highest BCUT2D eigenvalue weighted by atomic mass is 35.5. The molecule has 1 saturated carbocycles. The highest BCUT2D eigenvalue weighted by Crippen LogP contribution is 2.40. The zero-order valence-corrected chi connectivity index (χ0v) is 12.6. The van der Waals surface area contributed by atoms with Crippen LogP contribution < -0.4 is 5.73 Å². The van der Waals surface area contributed by atoms with Crippen LogP contribution in [0.4, 0.5) is 5.82 Å². The quantitative estimate of drug-likeness (QED) is 0.819. The topological polar surface area (TPSA) is 54.7 Å². The van der Waals surface area contributed by atoms with Crippen molar-refractivity contribution in [1.82, 2.24) is 10.2 Å². The second-order valence-corrected chi connectivity index (χ2v) is 6.18. The first-order valence-electron chi connectivity index (χ1n) is 6.96.